The van der Waals surface area contributed by atoms with Gasteiger partial charge in [-0.05, 0) is 30.2 Å². The van der Waals surface area contributed by atoms with E-state index < -0.39 is 0 Å². The summed E-state index contributed by atoms with van der Waals surface area (Å²) in [6, 6.07) is 10.6. The fourth-order valence-corrected chi connectivity index (χ4v) is 4.34. The van der Waals surface area contributed by atoms with Crippen molar-refractivity contribution in [2.45, 2.75) is 32.1 Å². The third-order valence-corrected chi connectivity index (χ3v) is 5.43. The van der Waals surface area contributed by atoms with Gasteiger partial charge < -0.3 is 9.64 Å². The second-order valence-electron chi connectivity index (χ2n) is 6.74. The van der Waals surface area contributed by atoms with Crippen molar-refractivity contribution in [1.82, 2.24) is 4.90 Å². The first-order valence-corrected chi connectivity index (χ1v) is 8.01. The van der Waals surface area contributed by atoms with E-state index in [0.29, 0.717) is 11.8 Å². The van der Waals surface area contributed by atoms with Crippen LogP contribution in [-0.4, -0.2) is 37.6 Å². The number of esters is 1. The Kier molecular flexibility index (Phi) is 4.03. The van der Waals surface area contributed by atoms with Gasteiger partial charge in [0.2, 0.25) is 0 Å². The molecule has 21 heavy (non-hydrogen) atoms. The van der Waals surface area contributed by atoms with E-state index in [1.807, 2.05) is 0 Å². The van der Waals surface area contributed by atoms with E-state index in [-0.39, 0.29) is 11.4 Å². The molecule has 1 aliphatic carbocycles. The Morgan fingerprint density at radius 3 is 2.90 bits per heavy atom. The van der Waals surface area contributed by atoms with Gasteiger partial charge in [-0.15, -0.1) is 0 Å². The van der Waals surface area contributed by atoms with Gasteiger partial charge in [0.25, 0.3) is 0 Å². The molecule has 3 atom stereocenters. The zero-order chi connectivity index (χ0) is 14.9. The number of fused-ring (bicyclic) bond motifs is 1. The van der Waals surface area contributed by atoms with Gasteiger partial charge in [-0.1, -0.05) is 43.7 Å². The van der Waals surface area contributed by atoms with Crippen LogP contribution >= 0.6 is 0 Å². The first-order valence-electron chi connectivity index (χ1n) is 8.01. The molecule has 1 aromatic rings. The minimum Gasteiger partial charge on any atom is -0.469 e. The number of hydrogen-bond donors (Lipinski definition) is 0. The normalized spacial score (nSPS) is 30.1. The molecule has 0 unspecified atom stereocenters. The molecule has 1 saturated carbocycles. The van der Waals surface area contributed by atoms with Crippen LogP contribution in [0.1, 0.15) is 37.7 Å². The third kappa shape index (κ3) is 2.59. The van der Waals surface area contributed by atoms with Crippen molar-refractivity contribution in [3.05, 3.63) is 35.9 Å². The molecular weight excluding hydrogens is 262 g/mol. The third-order valence-electron chi connectivity index (χ3n) is 5.43. The molecule has 3 heteroatoms. The highest BCUT2D eigenvalue weighted by Gasteiger charge is 2.55. The molecule has 3 rings (SSSR count). The first-order chi connectivity index (χ1) is 10.2. The number of ether oxygens (including phenoxy) is 1. The molecule has 0 amide bonds. The summed E-state index contributed by atoms with van der Waals surface area (Å²) in [6.07, 6.45) is 3.34. The van der Waals surface area contributed by atoms with Gasteiger partial charge in [0.1, 0.15) is 0 Å². The number of nitrogens with zero attached hydrogens (tertiary/aromatic N) is 1. The van der Waals surface area contributed by atoms with E-state index in [9.17, 15) is 4.79 Å². The summed E-state index contributed by atoms with van der Waals surface area (Å²) in [4.78, 5) is 14.7. The van der Waals surface area contributed by atoms with E-state index in [1.165, 1.54) is 25.5 Å². The Labute approximate surface area is 127 Å². The van der Waals surface area contributed by atoms with Crippen LogP contribution in [0.3, 0.4) is 0 Å². The van der Waals surface area contributed by atoms with E-state index in [1.54, 1.807) is 0 Å². The molecule has 1 heterocycles. The number of rotatable bonds is 4. The lowest BCUT2D eigenvalue weighted by molar-refractivity contribution is -0.153. The molecular formula is C18H25NO2. The van der Waals surface area contributed by atoms with E-state index >= 15 is 0 Å². The van der Waals surface area contributed by atoms with Gasteiger partial charge in [-0.2, -0.15) is 0 Å². The molecule has 114 valence electrons. The summed E-state index contributed by atoms with van der Waals surface area (Å²) in [6.45, 7) is 5.22. The topological polar surface area (TPSA) is 29.5 Å². The molecule has 2 fully saturated rings. The van der Waals surface area contributed by atoms with Crippen LogP contribution in [0.15, 0.2) is 30.3 Å². The lowest BCUT2D eigenvalue weighted by Gasteiger charge is -2.26. The number of carbonyl (C=O) groups excluding carboxylic acids is 1. The number of hydrogen-bond acceptors (Lipinski definition) is 3. The van der Waals surface area contributed by atoms with Crippen molar-refractivity contribution < 1.29 is 9.53 Å². The Bertz CT molecular complexity index is 501. The van der Waals surface area contributed by atoms with Gasteiger partial charge in [-0.3, -0.25) is 4.79 Å². The number of methoxy groups -OCH3 is 1. The lowest BCUT2D eigenvalue weighted by atomic mass is 9.81. The molecule has 0 N–H and O–H groups in total. The smallest absolute Gasteiger partial charge is 0.313 e. The van der Waals surface area contributed by atoms with Gasteiger partial charge in [0, 0.05) is 19.6 Å². The van der Waals surface area contributed by atoms with Crippen molar-refractivity contribution in [1.29, 1.82) is 0 Å². The van der Waals surface area contributed by atoms with Gasteiger partial charge in [0.05, 0.1) is 12.5 Å². The van der Waals surface area contributed by atoms with Gasteiger partial charge in [0.15, 0.2) is 0 Å². The summed E-state index contributed by atoms with van der Waals surface area (Å²) in [5, 5.41) is 0. The number of benzene rings is 1. The van der Waals surface area contributed by atoms with Crippen molar-refractivity contribution in [2.24, 2.45) is 11.3 Å². The molecule has 1 aromatic carbocycles. The number of carbonyl (C=O) groups is 1. The molecule has 2 aliphatic rings. The highest BCUT2D eigenvalue weighted by Crippen LogP contribution is 2.49. The summed E-state index contributed by atoms with van der Waals surface area (Å²) < 4.78 is 5.11. The summed E-state index contributed by atoms with van der Waals surface area (Å²) in [5.41, 5.74) is 1.16. The summed E-state index contributed by atoms with van der Waals surface area (Å²) in [5.74, 6) is 1.01. The van der Waals surface area contributed by atoms with Crippen molar-refractivity contribution in [3.63, 3.8) is 0 Å². The maximum atomic E-state index is 12.3. The minimum absolute atomic E-state index is 0.0138. The largest absolute Gasteiger partial charge is 0.469 e. The zero-order valence-electron chi connectivity index (χ0n) is 13.0. The van der Waals surface area contributed by atoms with Gasteiger partial charge >= 0.3 is 5.97 Å². The summed E-state index contributed by atoms with van der Waals surface area (Å²) in [7, 11) is 1.53. The maximum absolute atomic E-state index is 12.3. The lowest BCUT2D eigenvalue weighted by Crippen LogP contribution is -2.37. The van der Waals surface area contributed by atoms with Crippen LogP contribution in [0.4, 0.5) is 0 Å². The van der Waals surface area contributed by atoms with Gasteiger partial charge in [-0.25, -0.2) is 0 Å². The van der Waals surface area contributed by atoms with E-state index in [0.717, 1.165) is 26.1 Å². The standard InChI is InChI=1S/C18H25NO2/c1-14(15-7-4-3-5-8-15)11-19-12-16-9-6-10-18(16,13-19)17(20)21-2/h3-5,7-8,14,16H,6,9-13H2,1-2H3/t14-,16+,18+/m1/s1. The zero-order valence-corrected chi connectivity index (χ0v) is 13.0. The highest BCUT2D eigenvalue weighted by atomic mass is 16.5. The second kappa shape index (κ2) is 5.80. The molecule has 1 aliphatic heterocycles. The average Bonchev–Trinajstić information content (AvgIpc) is 3.04. The molecule has 0 radical (unpaired) electrons. The average molecular weight is 287 g/mol. The van der Waals surface area contributed by atoms with Crippen molar-refractivity contribution in [3.8, 4) is 0 Å². The SMILES string of the molecule is COC(=O)[C@]12CCC[C@H]1CN(C[C@@H](C)c1ccccc1)C2. The molecule has 3 nitrogen and oxygen atoms in total. The quantitative estimate of drug-likeness (QED) is 0.797. The van der Waals surface area contributed by atoms with Crippen molar-refractivity contribution in [2.75, 3.05) is 26.7 Å². The van der Waals surface area contributed by atoms with Crippen LogP contribution in [0.5, 0.6) is 0 Å². The molecule has 0 bridgehead atoms. The Balaban J connectivity index is 1.68. The predicted octanol–water partition coefficient (Wildman–Crippen LogP) is 3.07. The maximum Gasteiger partial charge on any atom is 0.313 e. The fraction of sp³-hybridized carbons (Fsp3) is 0.611. The van der Waals surface area contributed by atoms with E-state index in [4.69, 9.17) is 4.74 Å². The second-order valence-corrected chi connectivity index (χ2v) is 6.74. The Morgan fingerprint density at radius 1 is 1.43 bits per heavy atom. The number of likely N-dealkylation sites (tertiary alicyclic amines) is 1. The monoisotopic (exact) mass is 287 g/mol. The van der Waals surface area contributed by atoms with Crippen LogP contribution in [-0.2, 0) is 9.53 Å². The molecule has 0 aromatic heterocycles. The fourth-order valence-electron chi connectivity index (χ4n) is 4.34. The predicted molar refractivity (Wildman–Crippen MR) is 83.1 cm³/mol. The van der Waals surface area contributed by atoms with E-state index in [2.05, 4.69) is 42.2 Å². The molecule has 1 saturated heterocycles. The minimum atomic E-state index is -0.217. The van der Waals surface area contributed by atoms with Crippen LogP contribution < -0.4 is 0 Å². The van der Waals surface area contributed by atoms with Crippen molar-refractivity contribution >= 4 is 5.97 Å². The summed E-state index contributed by atoms with van der Waals surface area (Å²) >= 11 is 0. The Hall–Kier alpha value is -1.35. The molecule has 0 spiro atoms. The van der Waals surface area contributed by atoms with Crippen LogP contribution in [0, 0.1) is 11.3 Å². The van der Waals surface area contributed by atoms with Crippen LogP contribution in [0.2, 0.25) is 0 Å². The van der Waals surface area contributed by atoms with Crippen LogP contribution in [0.25, 0.3) is 0 Å². The first kappa shape index (κ1) is 14.6. The highest BCUT2D eigenvalue weighted by molar-refractivity contribution is 5.78. The Morgan fingerprint density at radius 2 is 2.19 bits per heavy atom.